The van der Waals surface area contributed by atoms with Crippen LogP contribution in [0.15, 0.2) is 27.6 Å². The van der Waals surface area contributed by atoms with E-state index in [0.717, 1.165) is 5.56 Å². The molecule has 0 radical (unpaired) electrons. The highest BCUT2D eigenvalue weighted by molar-refractivity contribution is 5.57. The minimum atomic E-state index is -0.155. The van der Waals surface area contributed by atoms with Gasteiger partial charge in [0.15, 0.2) is 5.76 Å². The molecule has 4 heteroatoms. The van der Waals surface area contributed by atoms with Crippen molar-refractivity contribution in [3.05, 3.63) is 39.9 Å². The molecule has 0 unspecified atom stereocenters. The van der Waals surface area contributed by atoms with Gasteiger partial charge in [-0.1, -0.05) is 0 Å². The number of nitrogens with one attached hydrogen (secondary N) is 1. The van der Waals surface area contributed by atoms with Gasteiger partial charge in [0.1, 0.15) is 5.69 Å². The third kappa shape index (κ3) is 1.25. The van der Waals surface area contributed by atoms with Crippen LogP contribution in [0, 0.1) is 13.8 Å². The molecule has 0 saturated heterocycles. The van der Waals surface area contributed by atoms with Crippen molar-refractivity contribution in [1.82, 2.24) is 10.2 Å². The summed E-state index contributed by atoms with van der Waals surface area (Å²) in [6, 6.07) is 3.60. The van der Waals surface area contributed by atoms with Crippen molar-refractivity contribution in [2.75, 3.05) is 0 Å². The second-order valence-corrected chi connectivity index (χ2v) is 3.13. The lowest BCUT2D eigenvalue weighted by molar-refractivity contribution is 0.578. The molecule has 2 rings (SSSR count). The van der Waals surface area contributed by atoms with Crippen molar-refractivity contribution in [1.29, 1.82) is 0 Å². The molecule has 0 saturated carbocycles. The lowest BCUT2D eigenvalue weighted by Gasteiger charge is -2.02. The molecule has 0 aromatic carbocycles. The van der Waals surface area contributed by atoms with Crippen molar-refractivity contribution < 1.29 is 4.42 Å². The van der Waals surface area contributed by atoms with Gasteiger partial charge < -0.3 is 4.42 Å². The van der Waals surface area contributed by atoms with E-state index in [2.05, 4.69) is 10.2 Å². The summed E-state index contributed by atoms with van der Waals surface area (Å²) >= 11 is 0. The Morgan fingerprint density at radius 3 is 2.79 bits per heavy atom. The number of furan rings is 1. The van der Waals surface area contributed by atoms with Crippen molar-refractivity contribution in [2.24, 2.45) is 0 Å². The molecule has 0 spiro atoms. The third-order valence-electron chi connectivity index (χ3n) is 2.28. The van der Waals surface area contributed by atoms with Crippen molar-refractivity contribution in [3.63, 3.8) is 0 Å². The summed E-state index contributed by atoms with van der Waals surface area (Å²) in [6.45, 7) is 3.62. The van der Waals surface area contributed by atoms with Gasteiger partial charge in [0.25, 0.3) is 5.56 Å². The molecule has 4 nitrogen and oxygen atoms in total. The van der Waals surface area contributed by atoms with E-state index in [1.807, 2.05) is 13.0 Å². The standard InChI is InChI=1S/C10H10N2O2/c1-6-7(2)10(13)12-11-9(6)8-4-3-5-14-8/h3-5H,1-2H3,(H,12,13). The fourth-order valence-electron chi connectivity index (χ4n) is 1.28. The minimum Gasteiger partial charge on any atom is -0.463 e. The molecule has 14 heavy (non-hydrogen) atoms. The number of hydrogen-bond acceptors (Lipinski definition) is 3. The first-order chi connectivity index (χ1) is 6.70. The first-order valence-corrected chi connectivity index (χ1v) is 4.30. The van der Waals surface area contributed by atoms with E-state index in [4.69, 9.17) is 4.42 Å². The smallest absolute Gasteiger partial charge is 0.267 e. The number of H-pyrrole nitrogens is 1. The van der Waals surface area contributed by atoms with E-state index in [9.17, 15) is 4.79 Å². The lowest BCUT2D eigenvalue weighted by atomic mass is 10.1. The first kappa shape index (κ1) is 8.74. The van der Waals surface area contributed by atoms with Gasteiger partial charge in [0.05, 0.1) is 6.26 Å². The van der Waals surface area contributed by atoms with Gasteiger partial charge >= 0.3 is 0 Å². The van der Waals surface area contributed by atoms with E-state index < -0.39 is 0 Å². The summed E-state index contributed by atoms with van der Waals surface area (Å²) in [5.74, 6) is 0.668. The van der Waals surface area contributed by atoms with Gasteiger partial charge in [0.2, 0.25) is 0 Å². The quantitative estimate of drug-likeness (QED) is 0.743. The average Bonchev–Trinajstić information content (AvgIpc) is 2.67. The number of aromatic amines is 1. The third-order valence-corrected chi connectivity index (χ3v) is 2.28. The fraction of sp³-hybridized carbons (Fsp3) is 0.200. The van der Waals surface area contributed by atoms with Crippen molar-refractivity contribution in [3.8, 4) is 11.5 Å². The summed E-state index contributed by atoms with van der Waals surface area (Å²) in [5, 5.41) is 6.38. The molecule has 0 aliphatic rings. The van der Waals surface area contributed by atoms with Crippen LogP contribution in [0.2, 0.25) is 0 Å². The molecule has 0 aliphatic carbocycles. The minimum absolute atomic E-state index is 0.155. The molecule has 1 N–H and O–H groups in total. The Kier molecular flexibility index (Phi) is 1.96. The maximum absolute atomic E-state index is 11.2. The Hall–Kier alpha value is -1.84. The Balaban J connectivity index is 2.67. The van der Waals surface area contributed by atoms with Gasteiger partial charge in [-0.25, -0.2) is 5.10 Å². The number of nitrogens with zero attached hydrogens (tertiary/aromatic N) is 1. The molecular weight excluding hydrogens is 180 g/mol. The second-order valence-electron chi connectivity index (χ2n) is 3.13. The second kappa shape index (κ2) is 3.14. The van der Waals surface area contributed by atoms with E-state index >= 15 is 0 Å². The Morgan fingerprint density at radius 1 is 1.36 bits per heavy atom. The molecule has 0 bridgehead atoms. The number of hydrogen-bond donors (Lipinski definition) is 1. The molecular formula is C10H10N2O2. The van der Waals surface area contributed by atoms with Crippen LogP contribution in [0.1, 0.15) is 11.1 Å². The first-order valence-electron chi connectivity index (χ1n) is 4.30. The maximum Gasteiger partial charge on any atom is 0.267 e. The van der Waals surface area contributed by atoms with Crippen LogP contribution >= 0.6 is 0 Å². The lowest BCUT2D eigenvalue weighted by Crippen LogP contribution is -2.14. The van der Waals surface area contributed by atoms with Crippen LogP contribution < -0.4 is 5.56 Å². The highest BCUT2D eigenvalue weighted by Gasteiger charge is 2.10. The van der Waals surface area contributed by atoms with Crippen LogP contribution in [-0.4, -0.2) is 10.2 Å². The highest BCUT2D eigenvalue weighted by atomic mass is 16.3. The predicted octanol–water partition coefficient (Wildman–Crippen LogP) is 1.65. The fourth-order valence-corrected chi connectivity index (χ4v) is 1.28. The molecule has 2 aromatic rings. The summed E-state index contributed by atoms with van der Waals surface area (Å²) in [5.41, 5.74) is 2.06. The van der Waals surface area contributed by atoms with Crippen LogP contribution in [0.5, 0.6) is 0 Å². The van der Waals surface area contributed by atoms with Crippen molar-refractivity contribution in [2.45, 2.75) is 13.8 Å². The summed E-state index contributed by atoms with van der Waals surface area (Å²) in [4.78, 5) is 11.2. The summed E-state index contributed by atoms with van der Waals surface area (Å²) < 4.78 is 5.21. The Labute approximate surface area is 80.6 Å². The van der Waals surface area contributed by atoms with Gasteiger partial charge in [-0.15, -0.1) is 0 Å². The van der Waals surface area contributed by atoms with Crippen LogP contribution in [0.25, 0.3) is 11.5 Å². The van der Waals surface area contributed by atoms with E-state index in [-0.39, 0.29) is 5.56 Å². The van der Waals surface area contributed by atoms with Crippen LogP contribution in [-0.2, 0) is 0 Å². The van der Waals surface area contributed by atoms with Crippen molar-refractivity contribution >= 4 is 0 Å². The van der Waals surface area contributed by atoms with E-state index in [0.29, 0.717) is 17.0 Å². The van der Waals surface area contributed by atoms with Crippen LogP contribution in [0.3, 0.4) is 0 Å². The SMILES string of the molecule is Cc1c(-c2ccco2)n[nH]c(=O)c1C. The largest absolute Gasteiger partial charge is 0.463 e. The van der Waals surface area contributed by atoms with Gasteiger partial charge in [0, 0.05) is 5.56 Å². The average molecular weight is 190 g/mol. The zero-order valence-electron chi connectivity index (χ0n) is 8.00. The highest BCUT2D eigenvalue weighted by Crippen LogP contribution is 2.20. The monoisotopic (exact) mass is 190 g/mol. The molecule has 0 aliphatic heterocycles. The Bertz CT molecular complexity index is 497. The number of rotatable bonds is 1. The van der Waals surface area contributed by atoms with Crippen LogP contribution in [0.4, 0.5) is 0 Å². The summed E-state index contributed by atoms with van der Waals surface area (Å²) in [6.07, 6.45) is 1.58. The Morgan fingerprint density at radius 2 is 2.14 bits per heavy atom. The van der Waals surface area contributed by atoms with Gasteiger partial charge in [-0.05, 0) is 31.5 Å². The molecule has 2 heterocycles. The molecule has 72 valence electrons. The maximum atomic E-state index is 11.2. The molecule has 0 atom stereocenters. The van der Waals surface area contributed by atoms with Gasteiger partial charge in [-0.3, -0.25) is 4.79 Å². The van der Waals surface area contributed by atoms with E-state index in [1.54, 1.807) is 19.3 Å². The normalized spacial score (nSPS) is 10.4. The zero-order valence-corrected chi connectivity index (χ0v) is 8.00. The number of aromatic nitrogens is 2. The predicted molar refractivity (Wildman–Crippen MR) is 52.0 cm³/mol. The zero-order chi connectivity index (χ0) is 10.1. The molecule has 0 amide bonds. The van der Waals surface area contributed by atoms with Gasteiger partial charge in [-0.2, -0.15) is 5.10 Å². The summed E-state index contributed by atoms with van der Waals surface area (Å²) in [7, 11) is 0. The topological polar surface area (TPSA) is 58.9 Å². The van der Waals surface area contributed by atoms with E-state index in [1.165, 1.54) is 0 Å². The molecule has 0 fully saturated rings. The molecule has 2 aromatic heterocycles.